The van der Waals surface area contributed by atoms with E-state index in [1.54, 1.807) is 0 Å². The summed E-state index contributed by atoms with van der Waals surface area (Å²) in [5.41, 5.74) is 2.47. The van der Waals surface area contributed by atoms with Crippen LogP contribution in [-0.2, 0) is 0 Å². The third kappa shape index (κ3) is 5.63. The molecule has 1 N–H and O–H groups in total. The van der Waals surface area contributed by atoms with Gasteiger partial charge in [0.25, 0.3) is 0 Å². The molecule has 1 rings (SSSR count). The van der Waals surface area contributed by atoms with E-state index in [4.69, 9.17) is 10.00 Å². The van der Waals surface area contributed by atoms with Gasteiger partial charge in [-0.25, -0.2) is 0 Å². The molecule has 1 aromatic carbocycles. The van der Waals surface area contributed by atoms with Crippen molar-refractivity contribution in [1.29, 1.82) is 5.26 Å². The fourth-order valence-corrected chi connectivity index (χ4v) is 2.10. The number of unbranched alkanes of at least 4 members (excludes halogenated alkanes) is 2. The van der Waals surface area contributed by atoms with Crippen LogP contribution in [0.1, 0.15) is 56.7 Å². The van der Waals surface area contributed by atoms with Crippen LogP contribution in [0.5, 0.6) is 5.75 Å². The van der Waals surface area contributed by atoms with E-state index in [1.165, 1.54) is 11.1 Å². The Hall–Kier alpha value is -1.53. The third-order valence-electron chi connectivity index (χ3n) is 3.27. The van der Waals surface area contributed by atoms with Gasteiger partial charge in [0.15, 0.2) is 0 Å². The second-order valence-corrected chi connectivity index (χ2v) is 5.18. The summed E-state index contributed by atoms with van der Waals surface area (Å²) in [5.74, 6) is 0.962. The molecule has 110 valence electrons. The van der Waals surface area contributed by atoms with E-state index in [1.807, 2.05) is 0 Å². The van der Waals surface area contributed by atoms with E-state index in [-0.39, 0.29) is 0 Å². The number of nitrogens with zero attached hydrogens (tertiary/aromatic N) is 1. The molecule has 3 nitrogen and oxygen atoms in total. The Morgan fingerprint density at radius 1 is 1.35 bits per heavy atom. The van der Waals surface area contributed by atoms with Gasteiger partial charge in [0.1, 0.15) is 5.75 Å². The van der Waals surface area contributed by atoms with Crippen LogP contribution in [0.25, 0.3) is 0 Å². The van der Waals surface area contributed by atoms with Gasteiger partial charge in [-0.05, 0) is 45.7 Å². The Kier molecular flexibility index (Phi) is 7.75. The zero-order valence-electron chi connectivity index (χ0n) is 12.9. The van der Waals surface area contributed by atoms with Crippen molar-refractivity contribution in [3.05, 3.63) is 29.3 Å². The van der Waals surface area contributed by atoms with Gasteiger partial charge in [-0.2, -0.15) is 5.26 Å². The molecule has 0 aliphatic rings. The van der Waals surface area contributed by atoms with Crippen LogP contribution >= 0.6 is 0 Å². The number of benzene rings is 1. The molecule has 0 radical (unpaired) electrons. The predicted molar refractivity (Wildman–Crippen MR) is 82.8 cm³/mol. The van der Waals surface area contributed by atoms with Gasteiger partial charge in [-0.15, -0.1) is 0 Å². The summed E-state index contributed by atoms with van der Waals surface area (Å²) in [4.78, 5) is 0. The zero-order valence-corrected chi connectivity index (χ0v) is 12.9. The molecule has 0 amide bonds. The summed E-state index contributed by atoms with van der Waals surface area (Å²) in [6.45, 7) is 8.14. The van der Waals surface area contributed by atoms with Crippen molar-refractivity contribution < 1.29 is 4.74 Å². The van der Waals surface area contributed by atoms with E-state index < -0.39 is 0 Å². The second kappa shape index (κ2) is 9.39. The summed E-state index contributed by atoms with van der Waals surface area (Å²) in [5, 5.41) is 12.0. The summed E-state index contributed by atoms with van der Waals surface area (Å²) in [6.07, 6.45) is 3.57. The third-order valence-corrected chi connectivity index (χ3v) is 3.27. The highest BCUT2D eigenvalue weighted by Gasteiger charge is 2.11. The molecule has 3 heteroatoms. The molecule has 0 bridgehead atoms. The standard InChI is InChI=1S/C17H26N2O/c1-4-11-19-15(3)16-13-14(2)8-9-17(16)20-12-7-5-6-10-18/h8-9,13,15,19H,4-7,11-12H2,1-3H3. The fourth-order valence-electron chi connectivity index (χ4n) is 2.10. The first-order valence-corrected chi connectivity index (χ1v) is 7.52. The van der Waals surface area contributed by atoms with E-state index >= 15 is 0 Å². The van der Waals surface area contributed by atoms with Gasteiger partial charge in [-0.3, -0.25) is 0 Å². The number of hydrogen-bond acceptors (Lipinski definition) is 3. The molecular weight excluding hydrogens is 248 g/mol. The van der Waals surface area contributed by atoms with Gasteiger partial charge in [-0.1, -0.05) is 24.6 Å². The largest absolute Gasteiger partial charge is 0.493 e. The number of ether oxygens (including phenoxy) is 1. The van der Waals surface area contributed by atoms with Crippen LogP contribution in [0, 0.1) is 18.3 Å². The first-order chi connectivity index (χ1) is 9.69. The number of nitrogens with one attached hydrogen (secondary N) is 1. The predicted octanol–water partition coefficient (Wildman–Crippen LogP) is 4.13. The highest BCUT2D eigenvalue weighted by molar-refractivity contribution is 5.39. The molecule has 1 unspecified atom stereocenters. The van der Waals surface area contributed by atoms with Crippen LogP contribution in [-0.4, -0.2) is 13.2 Å². The lowest BCUT2D eigenvalue weighted by Gasteiger charge is -2.19. The van der Waals surface area contributed by atoms with E-state index in [0.717, 1.165) is 31.6 Å². The maximum atomic E-state index is 8.51. The SMILES string of the molecule is CCCNC(C)c1cc(C)ccc1OCCCCC#N. The molecule has 1 aromatic rings. The molecule has 0 fully saturated rings. The molecule has 0 aliphatic heterocycles. The van der Waals surface area contributed by atoms with Gasteiger partial charge >= 0.3 is 0 Å². The Morgan fingerprint density at radius 3 is 2.85 bits per heavy atom. The zero-order chi connectivity index (χ0) is 14.8. The quantitative estimate of drug-likeness (QED) is 0.689. The van der Waals surface area contributed by atoms with E-state index in [0.29, 0.717) is 19.1 Å². The van der Waals surface area contributed by atoms with Crippen LogP contribution in [0.2, 0.25) is 0 Å². The van der Waals surface area contributed by atoms with Gasteiger partial charge in [0.2, 0.25) is 0 Å². The van der Waals surface area contributed by atoms with Crippen molar-refractivity contribution >= 4 is 0 Å². The number of nitriles is 1. The minimum atomic E-state index is 0.295. The Morgan fingerprint density at radius 2 is 2.15 bits per heavy atom. The first-order valence-electron chi connectivity index (χ1n) is 7.52. The summed E-state index contributed by atoms with van der Waals surface area (Å²) in [6, 6.07) is 8.79. The van der Waals surface area contributed by atoms with Gasteiger partial charge < -0.3 is 10.1 Å². The normalized spacial score (nSPS) is 11.9. The van der Waals surface area contributed by atoms with Crippen molar-refractivity contribution in [1.82, 2.24) is 5.32 Å². The summed E-state index contributed by atoms with van der Waals surface area (Å²) in [7, 11) is 0. The molecule has 0 aromatic heterocycles. The van der Waals surface area contributed by atoms with Crippen molar-refractivity contribution in [2.75, 3.05) is 13.2 Å². The minimum absolute atomic E-state index is 0.295. The molecule has 1 atom stereocenters. The van der Waals surface area contributed by atoms with Crippen molar-refractivity contribution in [3.8, 4) is 11.8 Å². The number of rotatable bonds is 9. The Bertz CT molecular complexity index is 437. The van der Waals surface area contributed by atoms with Crippen molar-refractivity contribution in [2.45, 2.75) is 52.5 Å². The average Bonchev–Trinajstić information content (AvgIpc) is 2.45. The van der Waals surface area contributed by atoms with Crippen LogP contribution in [0.3, 0.4) is 0 Å². The first kappa shape index (κ1) is 16.5. The lowest BCUT2D eigenvalue weighted by Crippen LogP contribution is -2.20. The molecule has 20 heavy (non-hydrogen) atoms. The lowest BCUT2D eigenvalue weighted by molar-refractivity contribution is 0.301. The second-order valence-electron chi connectivity index (χ2n) is 5.18. The topological polar surface area (TPSA) is 45.0 Å². The molecule has 0 aliphatic carbocycles. The lowest BCUT2D eigenvalue weighted by atomic mass is 10.0. The molecule has 0 heterocycles. The monoisotopic (exact) mass is 274 g/mol. The van der Waals surface area contributed by atoms with Crippen LogP contribution in [0.4, 0.5) is 0 Å². The van der Waals surface area contributed by atoms with Crippen molar-refractivity contribution in [3.63, 3.8) is 0 Å². The molecular formula is C17H26N2O. The number of aryl methyl sites for hydroxylation is 1. The molecule has 0 spiro atoms. The molecule has 0 saturated carbocycles. The number of hydrogen-bond donors (Lipinski definition) is 1. The van der Waals surface area contributed by atoms with Crippen LogP contribution < -0.4 is 10.1 Å². The smallest absolute Gasteiger partial charge is 0.124 e. The summed E-state index contributed by atoms with van der Waals surface area (Å²) < 4.78 is 5.89. The Balaban J connectivity index is 2.62. The van der Waals surface area contributed by atoms with E-state index in [9.17, 15) is 0 Å². The summed E-state index contributed by atoms with van der Waals surface area (Å²) >= 11 is 0. The molecule has 0 saturated heterocycles. The maximum absolute atomic E-state index is 8.51. The Labute approximate surface area is 123 Å². The maximum Gasteiger partial charge on any atom is 0.124 e. The van der Waals surface area contributed by atoms with Crippen molar-refractivity contribution in [2.24, 2.45) is 0 Å². The van der Waals surface area contributed by atoms with Gasteiger partial charge in [0.05, 0.1) is 12.7 Å². The highest BCUT2D eigenvalue weighted by Crippen LogP contribution is 2.26. The average molecular weight is 274 g/mol. The van der Waals surface area contributed by atoms with Crippen LogP contribution in [0.15, 0.2) is 18.2 Å². The van der Waals surface area contributed by atoms with E-state index in [2.05, 4.69) is 50.4 Å². The minimum Gasteiger partial charge on any atom is -0.493 e. The van der Waals surface area contributed by atoms with Gasteiger partial charge in [0, 0.05) is 18.0 Å². The highest BCUT2D eigenvalue weighted by atomic mass is 16.5. The fraction of sp³-hybridized carbons (Fsp3) is 0.588.